The molecule has 0 atom stereocenters. The number of rotatable bonds is 1. The monoisotopic (exact) mass is 271 g/mol. The zero-order valence-electron chi connectivity index (χ0n) is 10.2. The fourth-order valence-electron chi connectivity index (χ4n) is 2.33. The van der Waals surface area contributed by atoms with Gasteiger partial charge < -0.3 is 5.21 Å². The standard InChI is InChI=1S/C15H10ClNO2/c1-9-4-2-7-12-13(9)15(18)14(17(12)19)10-5-3-6-11(16)8-10/h2-8H,1H3. The van der Waals surface area contributed by atoms with Crippen LogP contribution in [0.3, 0.4) is 0 Å². The third kappa shape index (κ3) is 1.74. The maximum Gasteiger partial charge on any atom is 0.273 e. The number of Topliss-reactive ketones (excluding diaryl/α,β-unsaturated/α-hetero) is 1. The minimum absolute atomic E-state index is 0.131. The highest BCUT2D eigenvalue weighted by Gasteiger charge is 2.37. The van der Waals surface area contributed by atoms with Crippen molar-refractivity contribution in [3.05, 3.63) is 69.4 Å². The van der Waals surface area contributed by atoms with Gasteiger partial charge >= 0.3 is 0 Å². The molecule has 3 rings (SSSR count). The number of hydrogen-bond acceptors (Lipinski definition) is 2. The molecular weight excluding hydrogens is 262 g/mol. The molecule has 2 aromatic carbocycles. The van der Waals surface area contributed by atoms with Crippen LogP contribution in [0.1, 0.15) is 21.5 Å². The molecular formula is C15H10ClNO2. The van der Waals surface area contributed by atoms with E-state index in [1.165, 1.54) is 0 Å². The maximum atomic E-state index is 12.4. The summed E-state index contributed by atoms with van der Waals surface area (Å²) >= 11 is 5.92. The van der Waals surface area contributed by atoms with Crippen molar-refractivity contribution >= 4 is 28.8 Å². The van der Waals surface area contributed by atoms with Crippen LogP contribution < -0.4 is 0 Å². The lowest BCUT2D eigenvalue weighted by molar-refractivity contribution is -0.355. The molecule has 3 nitrogen and oxygen atoms in total. The van der Waals surface area contributed by atoms with Gasteiger partial charge in [-0.05, 0) is 30.7 Å². The van der Waals surface area contributed by atoms with Crippen LogP contribution in [0.2, 0.25) is 5.02 Å². The van der Waals surface area contributed by atoms with Gasteiger partial charge in [0.25, 0.3) is 11.5 Å². The largest absolute Gasteiger partial charge is 0.618 e. The third-order valence-corrected chi connectivity index (χ3v) is 3.45. The second kappa shape index (κ2) is 4.21. The Morgan fingerprint density at radius 2 is 1.89 bits per heavy atom. The fraction of sp³-hybridized carbons (Fsp3) is 0.0667. The number of halogens is 1. The first-order valence-electron chi connectivity index (χ1n) is 5.84. The van der Waals surface area contributed by atoms with Gasteiger partial charge in [-0.2, -0.15) is 4.74 Å². The van der Waals surface area contributed by atoms with Gasteiger partial charge in [0.05, 0.1) is 5.56 Å². The van der Waals surface area contributed by atoms with Crippen LogP contribution in [0, 0.1) is 12.1 Å². The molecule has 0 saturated carbocycles. The van der Waals surface area contributed by atoms with E-state index < -0.39 is 0 Å². The first kappa shape index (κ1) is 11.9. The Balaban J connectivity index is 2.23. The van der Waals surface area contributed by atoms with E-state index in [1.54, 1.807) is 36.4 Å². The van der Waals surface area contributed by atoms with E-state index in [9.17, 15) is 10.0 Å². The Morgan fingerprint density at radius 3 is 2.58 bits per heavy atom. The highest BCUT2D eigenvalue weighted by molar-refractivity contribution is 6.52. The molecule has 0 saturated heterocycles. The molecule has 0 spiro atoms. The number of benzene rings is 2. The summed E-state index contributed by atoms with van der Waals surface area (Å²) in [5, 5.41) is 12.8. The average Bonchev–Trinajstić information content (AvgIpc) is 2.63. The number of nitrogens with zero attached hydrogens (tertiary/aromatic N) is 1. The van der Waals surface area contributed by atoms with Crippen LogP contribution in [-0.4, -0.2) is 16.2 Å². The van der Waals surface area contributed by atoms with Gasteiger partial charge in [-0.1, -0.05) is 29.8 Å². The number of aryl methyl sites for hydroxylation is 1. The Labute approximate surface area is 115 Å². The molecule has 0 aromatic heterocycles. The van der Waals surface area contributed by atoms with E-state index in [-0.39, 0.29) is 11.5 Å². The maximum absolute atomic E-state index is 12.4. The Morgan fingerprint density at radius 1 is 1.16 bits per heavy atom. The van der Waals surface area contributed by atoms with Crippen LogP contribution in [0.25, 0.3) is 0 Å². The third-order valence-electron chi connectivity index (χ3n) is 3.21. The van der Waals surface area contributed by atoms with Crippen molar-refractivity contribution in [2.45, 2.75) is 6.92 Å². The van der Waals surface area contributed by atoms with Gasteiger partial charge in [-0.15, -0.1) is 0 Å². The van der Waals surface area contributed by atoms with Crippen molar-refractivity contribution < 1.29 is 9.53 Å². The van der Waals surface area contributed by atoms with Crippen LogP contribution in [0.5, 0.6) is 0 Å². The number of fused-ring (bicyclic) bond motifs is 1. The molecule has 0 aliphatic carbocycles. The van der Waals surface area contributed by atoms with Crippen LogP contribution in [0.4, 0.5) is 5.69 Å². The molecule has 0 fully saturated rings. The summed E-state index contributed by atoms with van der Waals surface area (Å²) in [6.07, 6.45) is 0. The molecule has 1 heterocycles. The number of carbonyl (C=O) groups excluding carboxylic acids is 1. The zero-order chi connectivity index (χ0) is 13.6. The van der Waals surface area contributed by atoms with Gasteiger partial charge in [-0.25, -0.2) is 0 Å². The molecule has 94 valence electrons. The quantitative estimate of drug-likeness (QED) is 0.589. The van der Waals surface area contributed by atoms with Gasteiger partial charge in [0.15, 0.2) is 0 Å². The molecule has 4 heteroatoms. The Hall–Kier alpha value is -2.13. The molecule has 0 unspecified atom stereocenters. The summed E-state index contributed by atoms with van der Waals surface area (Å²) in [6.45, 7) is 1.82. The SMILES string of the molecule is Cc1cccc2c1C(=O)C(c1cccc(Cl)c1)=[N+]2[O-]. The summed E-state index contributed by atoms with van der Waals surface area (Å²) in [5.41, 5.74) is 2.36. The van der Waals surface area contributed by atoms with E-state index in [0.717, 1.165) is 5.56 Å². The lowest BCUT2D eigenvalue weighted by Gasteiger charge is -2.02. The number of carbonyl (C=O) groups is 1. The number of hydrogen-bond donors (Lipinski definition) is 0. The van der Waals surface area contributed by atoms with Gasteiger partial charge in [0.2, 0.25) is 5.69 Å². The second-order valence-electron chi connectivity index (χ2n) is 4.45. The number of ketones is 1. The van der Waals surface area contributed by atoms with Crippen molar-refractivity contribution in [3.8, 4) is 0 Å². The first-order valence-corrected chi connectivity index (χ1v) is 6.22. The summed E-state index contributed by atoms with van der Waals surface area (Å²) in [5.74, 6) is -0.245. The van der Waals surface area contributed by atoms with E-state index in [2.05, 4.69) is 0 Å². The lowest BCUT2D eigenvalue weighted by atomic mass is 9.99. The van der Waals surface area contributed by atoms with E-state index >= 15 is 0 Å². The predicted molar refractivity (Wildman–Crippen MR) is 74.4 cm³/mol. The normalized spacial score (nSPS) is 13.9. The van der Waals surface area contributed by atoms with Crippen LogP contribution in [0.15, 0.2) is 42.5 Å². The molecule has 0 amide bonds. The predicted octanol–water partition coefficient (Wildman–Crippen LogP) is 3.48. The summed E-state index contributed by atoms with van der Waals surface area (Å²) in [7, 11) is 0. The highest BCUT2D eigenvalue weighted by Crippen LogP contribution is 2.30. The molecule has 1 aliphatic rings. The van der Waals surface area contributed by atoms with Crippen molar-refractivity contribution in [2.75, 3.05) is 0 Å². The van der Waals surface area contributed by atoms with Gasteiger partial charge in [0.1, 0.15) is 5.56 Å². The first-order chi connectivity index (χ1) is 9.09. The molecule has 0 bridgehead atoms. The lowest BCUT2D eigenvalue weighted by Crippen LogP contribution is -2.16. The zero-order valence-corrected chi connectivity index (χ0v) is 10.9. The highest BCUT2D eigenvalue weighted by atomic mass is 35.5. The Bertz CT molecular complexity index is 735. The van der Waals surface area contributed by atoms with Crippen molar-refractivity contribution in [1.29, 1.82) is 0 Å². The van der Waals surface area contributed by atoms with E-state index in [0.29, 0.717) is 26.6 Å². The smallest absolute Gasteiger partial charge is 0.273 e. The molecule has 1 aliphatic heterocycles. The minimum Gasteiger partial charge on any atom is -0.618 e. The van der Waals surface area contributed by atoms with Crippen molar-refractivity contribution in [2.24, 2.45) is 0 Å². The molecule has 19 heavy (non-hydrogen) atoms. The minimum atomic E-state index is -0.245. The summed E-state index contributed by atoms with van der Waals surface area (Å²) in [6, 6.07) is 12.0. The summed E-state index contributed by atoms with van der Waals surface area (Å²) < 4.78 is 0.691. The Kier molecular flexibility index (Phi) is 2.64. The molecule has 0 N–H and O–H groups in total. The topological polar surface area (TPSA) is 43.1 Å². The summed E-state index contributed by atoms with van der Waals surface area (Å²) in [4.78, 5) is 12.4. The van der Waals surface area contributed by atoms with E-state index in [1.807, 2.05) is 13.0 Å². The van der Waals surface area contributed by atoms with Crippen LogP contribution in [-0.2, 0) is 0 Å². The van der Waals surface area contributed by atoms with Crippen LogP contribution >= 0.6 is 11.6 Å². The average molecular weight is 272 g/mol. The van der Waals surface area contributed by atoms with Crippen molar-refractivity contribution in [1.82, 2.24) is 0 Å². The molecule has 0 radical (unpaired) electrons. The second-order valence-corrected chi connectivity index (χ2v) is 4.89. The van der Waals surface area contributed by atoms with E-state index in [4.69, 9.17) is 11.6 Å². The van der Waals surface area contributed by atoms with Gasteiger partial charge in [-0.3, -0.25) is 4.79 Å². The molecule has 2 aromatic rings. The van der Waals surface area contributed by atoms with Gasteiger partial charge in [0, 0.05) is 11.1 Å². The fourth-order valence-corrected chi connectivity index (χ4v) is 2.52. The van der Waals surface area contributed by atoms with Crippen molar-refractivity contribution in [3.63, 3.8) is 0 Å².